The second-order valence-electron chi connectivity index (χ2n) is 6.24. The Morgan fingerprint density at radius 3 is 1.52 bits per heavy atom. The maximum atomic E-state index is 9.95. The van der Waals surface area contributed by atoms with E-state index in [0.717, 1.165) is 0 Å². The number of rotatable bonds is 3. The van der Waals surface area contributed by atoms with E-state index in [2.05, 4.69) is 0 Å². The van der Waals surface area contributed by atoms with E-state index in [1.807, 2.05) is 0 Å². The second-order valence-corrected chi connectivity index (χ2v) is 6.24. The van der Waals surface area contributed by atoms with E-state index >= 15 is 0 Å². The molecule has 0 aromatic rings. The van der Waals surface area contributed by atoms with Gasteiger partial charge in [-0.2, -0.15) is 0 Å². The first kappa shape index (κ1) is 18.9. The van der Waals surface area contributed by atoms with Gasteiger partial charge in [0.25, 0.3) is 0 Å². The van der Waals surface area contributed by atoms with Crippen molar-refractivity contribution in [2.24, 2.45) is 5.92 Å². The van der Waals surface area contributed by atoms with Crippen molar-refractivity contribution in [2.75, 3.05) is 6.61 Å². The van der Waals surface area contributed by atoms with E-state index < -0.39 is 73.6 Å². The van der Waals surface area contributed by atoms with E-state index in [4.69, 9.17) is 4.74 Å². The van der Waals surface area contributed by atoms with Gasteiger partial charge in [-0.25, -0.2) is 0 Å². The SMILES string of the molecule is OCC1CC(OC2C(O)C(O)C(O)C(O)C2O)C(O)C(O)C1O. The van der Waals surface area contributed by atoms with E-state index in [1.54, 1.807) is 0 Å². The van der Waals surface area contributed by atoms with Gasteiger partial charge in [0.2, 0.25) is 0 Å². The molecule has 9 atom stereocenters. The summed E-state index contributed by atoms with van der Waals surface area (Å²) in [6, 6.07) is 0. The zero-order chi connectivity index (χ0) is 17.5. The van der Waals surface area contributed by atoms with E-state index in [9.17, 15) is 46.0 Å². The summed E-state index contributed by atoms with van der Waals surface area (Å²) in [5.41, 5.74) is 0. The zero-order valence-electron chi connectivity index (χ0n) is 12.2. The van der Waals surface area contributed by atoms with Crippen LogP contribution in [0.15, 0.2) is 0 Å². The lowest BCUT2D eigenvalue weighted by molar-refractivity contribution is -0.267. The van der Waals surface area contributed by atoms with E-state index in [1.165, 1.54) is 0 Å². The Morgan fingerprint density at radius 1 is 0.609 bits per heavy atom. The van der Waals surface area contributed by atoms with Crippen molar-refractivity contribution in [3.63, 3.8) is 0 Å². The second kappa shape index (κ2) is 7.23. The quantitative estimate of drug-likeness (QED) is 0.240. The van der Waals surface area contributed by atoms with Gasteiger partial charge < -0.3 is 50.7 Å². The summed E-state index contributed by atoms with van der Waals surface area (Å²) in [6.07, 6.45) is -16.1. The molecular weight excluding hydrogens is 316 g/mol. The molecule has 0 aliphatic heterocycles. The van der Waals surface area contributed by atoms with Crippen LogP contribution in [0.3, 0.4) is 0 Å². The Hall–Kier alpha value is -0.400. The molecule has 0 heterocycles. The maximum absolute atomic E-state index is 9.95. The maximum Gasteiger partial charge on any atom is 0.115 e. The van der Waals surface area contributed by atoms with E-state index in [0.29, 0.717) is 0 Å². The van der Waals surface area contributed by atoms with Gasteiger partial charge in [0.15, 0.2) is 0 Å². The smallest absolute Gasteiger partial charge is 0.115 e. The molecule has 0 radical (unpaired) electrons. The largest absolute Gasteiger partial charge is 0.396 e. The number of hydrogen-bond donors (Lipinski definition) is 9. The lowest BCUT2D eigenvalue weighted by Crippen LogP contribution is -2.66. The minimum absolute atomic E-state index is 0.0828. The lowest BCUT2D eigenvalue weighted by atomic mass is 9.80. The average Bonchev–Trinajstić information content (AvgIpc) is 2.54. The summed E-state index contributed by atoms with van der Waals surface area (Å²) in [5.74, 6) is -0.795. The molecule has 9 N–H and O–H groups in total. The standard InChI is InChI=1S/C13H24O10/c14-2-3-1-4(6(16)7(17)5(3)15)23-13-11(21)9(19)8(18)10(20)12(13)22/h3-22H,1-2H2. The minimum atomic E-state index is -1.77. The van der Waals surface area contributed by atoms with Crippen LogP contribution in [0.25, 0.3) is 0 Å². The van der Waals surface area contributed by atoms with Gasteiger partial charge in [0.05, 0.1) is 12.2 Å². The Kier molecular flexibility index (Phi) is 5.95. The normalized spacial score (nSPS) is 54.9. The van der Waals surface area contributed by atoms with Crippen molar-refractivity contribution >= 4 is 0 Å². The molecule has 23 heavy (non-hydrogen) atoms. The molecule has 2 saturated carbocycles. The predicted molar refractivity (Wildman–Crippen MR) is 71.9 cm³/mol. The lowest BCUT2D eigenvalue weighted by Gasteiger charge is -2.46. The van der Waals surface area contributed by atoms with Gasteiger partial charge in [0, 0.05) is 12.5 Å². The van der Waals surface area contributed by atoms with Gasteiger partial charge >= 0.3 is 0 Å². The summed E-state index contributed by atoms with van der Waals surface area (Å²) in [7, 11) is 0. The van der Waals surface area contributed by atoms with Crippen molar-refractivity contribution in [1.82, 2.24) is 0 Å². The molecular formula is C13H24O10. The highest BCUT2D eigenvalue weighted by Gasteiger charge is 2.51. The van der Waals surface area contributed by atoms with E-state index in [-0.39, 0.29) is 6.42 Å². The third-order valence-electron chi connectivity index (χ3n) is 4.74. The summed E-state index contributed by atoms with van der Waals surface area (Å²) in [6.45, 7) is -0.482. The fraction of sp³-hybridized carbons (Fsp3) is 1.00. The third-order valence-corrected chi connectivity index (χ3v) is 4.74. The Morgan fingerprint density at radius 2 is 1.04 bits per heavy atom. The van der Waals surface area contributed by atoms with Gasteiger partial charge in [-0.05, 0) is 6.42 Å². The number of aliphatic hydroxyl groups excluding tert-OH is 9. The summed E-state index contributed by atoms with van der Waals surface area (Å²) in [4.78, 5) is 0. The Bertz CT molecular complexity index is 377. The van der Waals surface area contributed by atoms with Crippen molar-refractivity contribution in [3.05, 3.63) is 0 Å². The van der Waals surface area contributed by atoms with Crippen LogP contribution in [-0.2, 0) is 4.74 Å². The fourth-order valence-corrected chi connectivity index (χ4v) is 3.16. The molecule has 0 amide bonds. The average molecular weight is 340 g/mol. The highest BCUT2D eigenvalue weighted by molar-refractivity contribution is 5.01. The molecule has 0 bridgehead atoms. The van der Waals surface area contributed by atoms with Crippen LogP contribution in [0.1, 0.15) is 6.42 Å². The molecule has 10 heteroatoms. The first-order valence-corrected chi connectivity index (χ1v) is 7.41. The van der Waals surface area contributed by atoms with Crippen LogP contribution in [0.2, 0.25) is 0 Å². The van der Waals surface area contributed by atoms with Crippen molar-refractivity contribution in [3.8, 4) is 0 Å². The van der Waals surface area contributed by atoms with Gasteiger partial charge in [-0.15, -0.1) is 0 Å². The summed E-state index contributed by atoms with van der Waals surface area (Å²) >= 11 is 0. The van der Waals surface area contributed by atoms with Crippen molar-refractivity contribution in [1.29, 1.82) is 0 Å². The van der Waals surface area contributed by atoms with Crippen molar-refractivity contribution in [2.45, 2.75) is 67.5 Å². The molecule has 2 fully saturated rings. The Balaban J connectivity index is 2.13. The minimum Gasteiger partial charge on any atom is -0.396 e. The molecule has 0 aromatic carbocycles. The molecule has 2 aliphatic carbocycles. The number of ether oxygens (including phenoxy) is 1. The zero-order valence-corrected chi connectivity index (χ0v) is 12.2. The highest BCUT2D eigenvalue weighted by Crippen LogP contribution is 2.32. The third kappa shape index (κ3) is 3.37. The van der Waals surface area contributed by atoms with Gasteiger partial charge in [-0.3, -0.25) is 0 Å². The van der Waals surface area contributed by atoms with Crippen LogP contribution in [0.5, 0.6) is 0 Å². The number of hydrogen-bond acceptors (Lipinski definition) is 10. The highest BCUT2D eigenvalue weighted by atomic mass is 16.5. The predicted octanol–water partition coefficient (Wildman–Crippen LogP) is -5.35. The van der Waals surface area contributed by atoms with Gasteiger partial charge in [-0.1, -0.05) is 0 Å². The molecule has 0 spiro atoms. The van der Waals surface area contributed by atoms with Gasteiger partial charge in [0.1, 0.15) is 48.8 Å². The van der Waals surface area contributed by atoms with Crippen molar-refractivity contribution < 1.29 is 50.7 Å². The van der Waals surface area contributed by atoms with Crippen LogP contribution in [0, 0.1) is 5.92 Å². The van der Waals surface area contributed by atoms with Crippen LogP contribution >= 0.6 is 0 Å². The van der Waals surface area contributed by atoms with Crippen LogP contribution in [-0.4, -0.2) is 114 Å². The first-order chi connectivity index (χ1) is 10.7. The summed E-state index contributed by atoms with van der Waals surface area (Å²) in [5, 5.41) is 87.2. The molecule has 9 unspecified atom stereocenters. The number of aliphatic hydroxyl groups is 9. The Labute approximate surface area is 131 Å². The molecule has 2 rings (SSSR count). The molecule has 0 aromatic heterocycles. The van der Waals surface area contributed by atoms with Crippen LogP contribution in [0.4, 0.5) is 0 Å². The topological polar surface area (TPSA) is 191 Å². The molecule has 136 valence electrons. The first-order valence-electron chi connectivity index (χ1n) is 7.41. The molecule has 2 aliphatic rings. The summed E-state index contributed by atoms with van der Waals surface area (Å²) < 4.78 is 5.35. The fourth-order valence-electron chi connectivity index (χ4n) is 3.16. The molecule has 0 saturated heterocycles. The monoisotopic (exact) mass is 340 g/mol. The molecule has 10 nitrogen and oxygen atoms in total. The van der Waals surface area contributed by atoms with Crippen LogP contribution < -0.4 is 0 Å².